The van der Waals surface area contributed by atoms with Crippen LogP contribution in [0.2, 0.25) is 0 Å². The summed E-state index contributed by atoms with van der Waals surface area (Å²) in [6, 6.07) is 2.65. The molecule has 0 bridgehead atoms. The van der Waals surface area contributed by atoms with Gasteiger partial charge in [-0.25, -0.2) is 9.78 Å². The second kappa shape index (κ2) is 7.81. The van der Waals surface area contributed by atoms with Gasteiger partial charge in [-0.2, -0.15) is 0 Å². The Morgan fingerprint density at radius 2 is 2.17 bits per heavy atom. The van der Waals surface area contributed by atoms with E-state index in [4.69, 9.17) is 4.74 Å². The highest BCUT2D eigenvalue weighted by Gasteiger charge is 2.24. The molecule has 0 fully saturated rings. The van der Waals surface area contributed by atoms with Crippen molar-refractivity contribution in [1.82, 2.24) is 14.7 Å². The van der Waals surface area contributed by atoms with Crippen LogP contribution in [0.5, 0.6) is 5.75 Å². The molecule has 0 aliphatic heterocycles. The number of aryl methyl sites for hydroxylation is 1. The molecule has 0 saturated heterocycles. The van der Waals surface area contributed by atoms with Gasteiger partial charge in [0, 0.05) is 6.20 Å². The van der Waals surface area contributed by atoms with Crippen LogP contribution < -0.4 is 10.1 Å². The summed E-state index contributed by atoms with van der Waals surface area (Å²) in [5.41, 5.74) is 1.40. The summed E-state index contributed by atoms with van der Waals surface area (Å²) in [7, 11) is 0. The van der Waals surface area contributed by atoms with Crippen LogP contribution in [0.4, 0.5) is 0 Å². The number of unbranched alkanes of at least 4 members (excludes halogenated alkanes) is 1. The number of carboxylic acids is 1. The summed E-state index contributed by atoms with van der Waals surface area (Å²) in [5, 5.41) is 11.9. The minimum absolute atomic E-state index is 0.328. The van der Waals surface area contributed by atoms with Gasteiger partial charge in [-0.15, -0.1) is 0 Å². The van der Waals surface area contributed by atoms with Gasteiger partial charge in [0.15, 0.2) is 11.4 Å². The Balaban J connectivity index is 2.33. The average molecular weight is 333 g/mol. The molecule has 1 atom stereocenters. The van der Waals surface area contributed by atoms with Crippen LogP contribution in [0.25, 0.3) is 5.65 Å². The van der Waals surface area contributed by atoms with E-state index in [9.17, 15) is 14.7 Å². The highest BCUT2D eigenvalue weighted by molar-refractivity contribution is 5.97. The van der Waals surface area contributed by atoms with Crippen molar-refractivity contribution in [3.63, 3.8) is 0 Å². The summed E-state index contributed by atoms with van der Waals surface area (Å²) < 4.78 is 7.16. The summed E-state index contributed by atoms with van der Waals surface area (Å²) in [4.78, 5) is 28.3. The van der Waals surface area contributed by atoms with E-state index in [0.717, 1.165) is 12.8 Å². The van der Waals surface area contributed by atoms with E-state index in [1.165, 1.54) is 0 Å². The molecule has 0 radical (unpaired) electrons. The van der Waals surface area contributed by atoms with Crippen molar-refractivity contribution in [2.75, 3.05) is 6.61 Å². The third-order valence-corrected chi connectivity index (χ3v) is 3.75. The molecule has 2 heterocycles. The summed E-state index contributed by atoms with van der Waals surface area (Å²) >= 11 is 0. The first kappa shape index (κ1) is 17.8. The topological polar surface area (TPSA) is 92.9 Å². The number of rotatable bonds is 8. The monoisotopic (exact) mass is 333 g/mol. The number of nitrogens with one attached hydrogen (secondary N) is 1. The van der Waals surface area contributed by atoms with Gasteiger partial charge < -0.3 is 15.2 Å². The van der Waals surface area contributed by atoms with Crippen LogP contribution in [-0.2, 0) is 4.79 Å². The van der Waals surface area contributed by atoms with E-state index in [2.05, 4.69) is 10.3 Å². The Kier molecular flexibility index (Phi) is 5.78. The number of aliphatic carboxylic acids is 1. The van der Waals surface area contributed by atoms with Crippen molar-refractivity contribution in [2.45, 2.75) is 46.1 Å². The lowest BCUT2D eigenvalue weighted by molar-refractivity contribution is -0.139. The van der Waals surface area contributed by atoms with Gasteiger partial charge in [-0.3, -0.25) is 9.20 Å². The van der Waals surface area contributed by atoms with Crippen molar-refractivity contribution in [2.24, 2.45) is 0 Å². The highest BCUT2D eigenvalue weighted by Crippen LogP contribution is 2.22. The van der Waals surface area contributed by atoms with Crippen molar-refractivity contribution < 1.29 is 19.4 Å². The molecule has 0 spiro atoms. The first-order chi connectivity index (χ1) is 11.5. The molecule has 24 heavy (non-hydrogen) atoms. The molecule has 2 aromatic heterocycles. The predicted octanol–water partition coefficient (Wildman–Crippen LogP) is 2.41. The van der Waals surface area contributed by atoms with Gasteiger partial charge in [-0.1, -0.05) is 19.8 Å². The molecule has 1 amide bonds. The first-order valence-corrected chi connectivity index (χ1v) is 8.13. The molecule has 2 N–H and O–H groups in total. The zero-order chi connectivity index (χ0) is 17.7. The molecule has 0 aromatic carbocycles. The number of pyridine rings is 1. The number of amides is 1. The van der Waals surface area contributed by atoms with E-state index < -0.39 is 17.9 Å². The molecule has 130 valence electrons. The summed E-state index contributed by atoms with van der Waals surface area (Å²) in [6.45, 7) is 6.06. The number of carbonyl (C=O) groups is 2. The number of imidazole rings is 1. The molecule has 1 unspecified atom stereocenters. The number of carbonyl (C=O) groups excluding carboxylic acids is 1. The zero-order valence-electron chi connectivity index (χ0n) is 14.2. The Bertz CT molecular complexity index is 739. The fourth-order valence-corrected chi connectivity index (χ4v) is 2.59. The summed E-state index contributed by atoms with van der Waals surface area (Å²) in [5.74, 6) is -0.890. The normalized spacial score (nSPS) is 12.1. The molecule has 7 nitrogen and oxygen atoms in total. The summed E-state index contributed by atoms with van der Waals surface area (Å²) in [6.07, 6.45) is 3.72. The lowest BCUT2D eigenvalue weighted by atomic mass is 10.1. The van der Waals surface area contributed by atoms with E-state index in [1.807, 2.05) is 13.8 Å². The number of hydrogen-bond acceptors (Lipinski definition) is 4. The SMILES string of the molecule is CCCCC(NC(=O)c1c(C)nc2c(OCC)cccn12)C(=O)O. The second-order valence-corrected chi connectivity index (χ2v) is 5.55. The Hall–Kier alpha value is -2.57. The minimum Gasteiger partial charge on any atom is -0.490 e. The van der Waals surface area contributed by atoms with E-state index >= 15 is 0 Å². The number of ether oxygens (including phenoxy) is 1. The van der Waals surface area contributed by atoms with Crippen LogP contribution in [0, 0.1) is 6.92 Å². The first-order valence-electron chi connectivity index (χ1n) is 8.13. The van der Waals surface area contributed by atoms with E-state index in [-0.39, 0.29) is 0 Å². The zero-order valence-corrected chi connectivity index (χ0v) is 14.2. The van der Waals surface area contributed by atoms with Crippen LogP contribution in [-0.4, -0.2) is 39.0 Å². The molecule has 2 aromatic rings. The van der Waals surface area contributed by atoms with E-state index in [0.29, 0.717) is 35.8 Å². The van der Waals surface area contributed by atoms with Crippen LogP contribution in [0.3, 0.4) is 0 Å². The largest absolute Gasteiger partial charge is 0.490 e. The molecular formula is C17H23N3O4. The quantitative estimate of drug-likeness (QED) is 0.774. The Morgan fingerprint density at radius 3 is 2.79 bits per heavy atom. The van der Waals surface area contributed by atoms with Gasteiger partial charge in [0.1, 0.15) is 11.7 Å². The van der Waals surface area contributed by atoms with Gasteiger partial charge >= 0.3 is 5.97 Å². The average Bonchev–Trinajstić information content (AvgIpc) is 2.88. The predicted molar refractivity (Wildman–Crippen MR) is 89.5 cm³/mol. The fourth-order valence-electron chi connectivity index (χ4n) is 2.59. The van der Waals surface area contributed by atoms with Crippen LogP contribution >= 0.6 is 0 Å². The van der Waals surface area contributed by atoms with Gasteiger partial charge in [-0.05, 0) is 32.4 Å². The van der Waals surface area contributed by atoms with Crippen molar-refractivity contribution in [3.05, 3.63) is 29.7 Å². The molecule has 0 aliphatic carbocycles. The number of carboxylic acid groups (broad SMARTS) is 1. The standard InChI is InChI=1S/C17H23N3O4/c1-4-6-8-12(17(22)23)19-16(21)14-11(3)18-15-13(24-5-2)9-7-10-20(14)15/h7,9-10,12H,4-6,8H2,1-3H3,(H,19,21)(H,22,23). The second-order valence-electron chi connectivity index (χ2n) is 5.55. The van der Waals surface area contributed by atoms with Gasteiger partial charge in [0.2, 0.25) is 0 Å². The Labute approximate surface area is 140 Å². The minimum atomic E-state index is -1.03. The maximum Gasteiger partial charge on any atom is 0.326 e. The third-order valence-electron chi connectivity index (χ3n) is 3.75. The lowest BCUT2D eigenvalue weighted by Gasteiger charge is -2.14. The van der Waals surface area contributed by atoms with Crippen LogP contribution in [0.15, 0.2) is 18.3 Å². The molecule has 7 heteroatoms. The number of hydrogen-bond donors (Lipinski definition) is 2. The van der Waals surface area contributed by atoms with Gasteiger partial charge in [0.25, 0.3) is 5.91 Å². The Morgan fingerprint density at radius 1 is 1.42 bits per heavy atom. The maximum atomic E-state index is 12.6. The van der Waals surface area contributed by atoms with Gasteiger partial charge in [0.05, 0.1) is 12.3 Å². The molecule has 2 rings (SSSR count). The van der Waals surface area contributed by atoms with Crippen molar-refractivity contribution in [3.8, 4) is 5.75 Å². The molecule has 0 aliphatic rings. The van der Waals surface area contributed by atoms with Crippen LogP contribution in [0.1, 0.15) is 49.3 Å². The maximum absolute atomic E-state index is 12.6. The van der Waals surface area contributed by atoms with Crippen molar-refractivity contribution in [1.29, 1.82) is 0 Å². The smallest absolute Gasteiger partial charge is 0.326 e. The molecule has 0 saturated carbocycles. The van der Waals surface area contributed by atoms with Crippen molar-refractivity contribution >= 4 is 17.5 Å². The molecular weight excluding hydrogens is 310 g/mol. The number of nitrogens with zero attached hydrogens (tertiary/aromatic N) is 2. The fraction of sp³-hybridized carbons (Fsp3) is 0.471. The van der Waals surface area contributed by atoms with E-state index in [1.54, 1.807) is 29.7 Å². The lowest BCUT2D eigenvalue weighted by Crippen LogP contribution is -2.41. The highest BCUT2D eigenvalue weighted by atomic mass is 16.5. The third kappa shape index (κ3) is 3.67. The number of aromatic nitrogens is 2. The number of fused-ring (bicyclic) bond motifs is 1.